The van der Waals surface area contributed by atoms with Crippen LogP contribution in [0.4, 0.5) is 4.79 Å². The molecule has 9 heteroatoms. The molecule has 0 aliphatic carbocycles. The van der Waals surface area contributed by atoms with Gasteiger partial charge in [-0.3, -0.25) is 4.79 Å². The molecule has 8 nitrogen and oxygen atoms in total. The van der Waals surface area contributed by atoms with Crippen molar-refractivity contribution in [1.82, 2.24) is 14.9 Å². The van der Waals surface area contributed by atoms with Crippen LogP contribution in [0.25, 0.3) is 0 Å². The van der Waals surface area contributed by atoms with Gasteiger partial charge in [-0.15, -0.1) is 0 Å². The third kappa shape index (κ3) is 13.7. The molecular formula is C46H63N3O5Si. The minimum atomic E-state index is -2.42. The number of nitrogens with one attached hydrogen (secondary N) is 1. The van der Waals surface area contributed by atoms with Gasteiger partial charge in [0.05, 0.1) is 24.8 Å². The maximum absolute atomic E-state index is 14.9. The topological polar surface area (TPSA) is 91.7 Å². The van der Waals surface area contributed by atoms with Crippen molar-refractivity contribution in [2.24, 2.45) is 5.92 Å². The molecule has 0 bridgehead atoms. The Morgan fingerprint density at radius 1 is 0.818 bits per heavy atom. The van der Waals surface area contributed by atoms with Gasteiger partial charge in [-0.2, -0.15) is 0 Å². The zero-order chi connectivity index (χ0) is 40.2. The van der Waals surface area contributed by atoms with Crippen molar-refractivity contribution in [3.8, 4) is 0 Å². The van der Waals surface area contributed by atoms with Crippen molar-refractivity contribution in [2.45, 2.75) is 129 Å². The maximum atomic E-state index is 14.9. The van der Waals surface area contributed by atoms with E-state index in [-0.39, 0.29) is 23.3 Å². The van der Waals surface area contributed by atoms with E-state index in [0.29, 0.717) is 32.5 Å². The monoisotopic (exact) mass is 765 g/mol. The number of benzene rings is 3. The van der Waals surface area contributed by atoms with Gasteiger partial charge in [0.2, 0.25) is 0 Å². The molecule has 3 aromatic carbocycles. The Kier molecular flexibility index (Phi) is 15.4. The van der Waals surface area contributed by atoms with Crippen molar-refractivity contribution >= 4 is 20.2 Å². The number of rotatable bonds is 19. The van der Waals surface area contributed by atoms with E-state index in [1.54, 1.807) is 6.20 Å². The van der Waals surface area contributed by atoms with Crippen LogP contribution < -0.4 is 5.32 Å². The highest BCUT2D eigenvalue weighted by Gasteiger charge is 2.42. The lowest BCUT2D eigenvalue weighted by Gasteiger charge is -2.42. The molecule has 1 amide bonds. The van der Waals surface area contributed by atoms with Crippen LogP contribution in [-0.2, 0) is 44.7 Å². The average molecular weight is 766 g/mol. The second-order valence-corrected chi connectivity index (χ2v) is 22.0. The molecule has 1 N–H and O–H groups in total. The lowest BCUT2D eigenvalue weighted by Crippen LogP contribution is -2.54. The Bertz CT molecular complexity index is 1800. The number of carbonyl (C=O) groups excluding carboxylic acids is 2. The summed E-state index contributed by atoms with van der Waals surface area (Å²) >= 11 is 0. The molecule has 1 unspecified atom stereocenters. The Balaban J connectivity index is 1.69. The zero-order valence-electron chi connectivity index (χ0n) is 34.5. The summed E-state index contributed by atoms with van der Waals surface area (Å²) in [5, 5.41) is 3.10. The third-order valence-corrected chi connectivity index (χ3v) is 14.9. The summed E-state index contributed by atoms with van der Waals surface area (Å²) in [5.41, 5.74) is 3.38. The van der Waals surface area contributed by atoms with Crippen LogP contribution >= 0.6 is 0 Å². The minimum Gasteiger partial charge on any atom is -0.444 e. The highest BCUT2D eigenvalue weighted by atomic mass is 28.4. The molecule has 0 saturated carbocycles. The first kappa shape index (κ1) is 43.4. The molecule has 4 atom stereocenters. The fraction of sp³-hybridized carbons (Fsp3) is 0.457. The fourth-order valence-corrected chi connectivity index (χ4v) is 7.77. The Morgan fingerprint density at radius 3 is 1.89 bits per heavy atom. The largest absolute Gasteiger partial charge is 0.444 e. The number of imidazole rings is 1. The number of ether oxygens (including phenoxy) is 2. The molecule has 0 fully saturated rings. The summed E-state index contributed by atoms with van der Waals surface area (Å²) < 4.78 is 21.2. The van der Waals surface area contributed by atoms with Crippen molar-refractivity contribution < 1.29 is 23.5 Å². The first-order chi connectivity index (χ1) is 25.9. The van der Waals surface area contributed by atoms with Gasteiger partial charge >= 0.3 is 6.09 Å². The van der Waals surface area contributed by atoms with Crippen LogP contribution in [0.1, 0.15) is 89.9 Å². The van der Waals surface area contributed by atoms with Gasteiger partial charge < -0.3 is 23.8 Å². The van der Waals surface area contributed by atoms with E-state index in [1.165, 1.54) is 0 Å². The standard InChI is InChI=1S/C46H63N3O5Si/c1-34(2)40(49-27-26-47-43(49)33-52-32-37-24-18-13-19-25-37)31-41(50)38(28-35-20-14-11-15-21-35)30-42(54-55(9,10)46(6,7)8)39(29-36-22-16-12-17-23-36)48-44(51)53-45(3,4)5/h11-27,38-40,42H,1,28-33H2,2-10H3,(H,48,51)/t38-,39+,40?,42+/m1/s1. The van der Waals surface area contributed by atoms with Crippen molar-refractivity contribution in [2.75, 3.05) is 0 Å². The van der Waals surface area contributed by atoms with Crippen LogP contribution in [0.3, 0.4) is 0 Å². The molecule has 55 heavy (non-hydrogen) atoms. The van der Waals surface area contributed by atoms with E-state index in [4.69, 9.17) is 13.9 Å². The van der Waals surface area contributed by atoms with Gasteiger partial charge in [0, 0.05) is 24.7 Å². The van der Waals surface area contributed by atoms with Crippen LogP contribution in [0.2, 0.25) is 18.1 Å². The maximum Gasteiger partial charge on any atom is 0.407 e. The summed E-state index contributed by atoms with van der Waals surface area (Å²) in [4.78, 5) is 33.0. The SMILES string of the molecule is C=C(C)C(CC(=O)[C@H](Cc1ccccc1)C[C@H](O[Si](C)(C)C(C)(C)C)[C@H](Cc1ccccc1)NC(=O)OC(C)(C)C)n1ccnc1COCc1ccccc1. The van der Waals surface area contributed by atoms with Crippen LogP contribution in [0.15, 0.2) is 116 Å². The normalized spacial score (nSPS) is 14.4. The number of nitrogens with zero attached hydrogens (tertiary/aromatic N) is 2. The number of allylic oxidation sites excluding steroid dienone is 1. The number of hydrogen-bond acceptors (Lipinski definition) is 6. The van der Waals surface area contributed by atoms with E-state index in [1.807, 2.05) is 105 Å². The number of amides is 1. The quantitative estimate of drug-likeness (QED) is 0.0755. The molecular weight excluding hydrogens is 703 g/mol. The van der Waals surface area contributed by atoms with Gasteiger partial charge in [0.25, 0.3) is 0 Å². The molecule has 4 aromatic rings. The number of hydrogen-bond donors (Lipinski definition) is 1. The second kappa shape index (κ2) is 19.5. The Morgan fingerprint density at radius 2 is 1.36 bits per heavy atom. The Hall–Kier alpha value is -4.31. The fourth-order valence-electron chi connectivity index (χ4n) is 6.40. The number of aromatic nitrogens is 2. The summed E-state index contributed by atoms with van der Waals surface area (Å²) in [6, 6.07) is 29.5. The molecule has 0 saturated heterocycles. The summed E-state index contributed by atoms with van der Waals surface area (Å²) in [6.07, 6.45) is 4.35. The second-order valence-electron chi connectivity index (χ2n) is 17.2. The first-order valence-corrected chi connectivity index (χ1v) is 22.4. The highest BCUT2D eigenvalue weighted by molar-refractivity contribution is 6.74. The summed E-state index contributed by atoms with van der Waals surface area (Å²) in [6.45, 7) is 23.7. The molecule has 0 spiro atoms. The number of Topliss-reactive ketones (excluding diaryl/α,β-unsaturated/α-hetero) is 1. The lowest BCUT2D eigenvalue weighted by molar-refractivity contribution is -0.124. The van der Waals surface area contributed by atoms with Gasteiger partial charge in [-0.05, 0) is 81.8 Å². The number of carbonyl (C=O) groups is 2. The van der Waals surface area contributed by atoms with E-state index in [9.17, 15) is 9.59 Å². The summed E-state index contributed by atoms with van der Waals surface area (Å²) in [5.74, 6) is 0.417. The van der Waals surface area contributed by atoms with E-state index in [0.717, 1.165) is 28.1 Å². The van der Waals surface area contributed by atoms with Crippen LogP contribution in [0, 0.1) is 5.92 Å². The Labute approximate surface area is 330 Å². The lowest BCUT2D eigenvalue weighted by atomic mass is 9.84. The molecule has 4 rings (SSSR count). The molecule has 0 aliphatic heterocycles. The predicted molar refractivity (Wildman–Crippen MR) is 224 cm³/mol. The van der Waals surface area contributed by atoms with Crippen molar-refractivity contribution in [1.29, 1.82) is 0 Å². The number of ketones is 1. The average Bonchev–Trinajstić information content (AvgIpc) is 3.57. The van der Waals surface area contributed by atoms with E-state index < -0.39 is 38.1 Å². The summed E-state index contributed by atoms with van der Waals surface area (Å²) in [7, 11) is -2.42. The van der Waals surface area contributed by atoms with Crippen molar-refractivity contribution in [3.05, 3.63) is 138 Å². The van der Waals surface area contributed by atoms with Gasteiger partial charge in [0.1, 0.15) is 23.8 Å². The van der Waals surface area contributed by atoms with E-state index in [2.05, 4.69) is 75.0 Å². The van der Waals surface area contributed by atoms with Crippen molar-refractivity contribution in [3.63, 3.8) is 0 Å². The molecule has 1 aromatic heterocycles. The third-order valence-electron chi connectivity index (χ3n) is 10.4. The van der Waals surface area contributed by atoms with Crippen LogP contribution in [-0.4, -0.2) is 47.5 Å². The van der Waals surface area contributed by atoms with Gasteiger partial charge in [-0.25, -0.2) is 9.78 Å². The minimum absolute atomic E-state index is 0.0984. The van der Waals surface area contributed by atoms with Gasteiger partial charge in [-0.1, -0.05) is 124 Å². The smallest absolute Gasteiger partial charge is 0.407 e. The molecule has 0 radical (unpaired) electrons. The molecule has 0 aliphatic rings. The number of alkyl carbamates (subject to hydrolysis) is 1. The predicted octanol–water partition coefficient (Wildman–Crippen LogP) is 10.5. The zero-order valence-corrected chi connectivity index (χ0v) is 35.5. The van der Waals surface area contributed by atoms with Gasteiger partial charge in [0.15, 0.2) is 8.32 Å². The van der Waals surface area contributed by atoms with Crippen LogP contribution in [0.5, 0.6) is 0 Å². The molecule has 296 valence electrons. The highest BCUT2D eigenvalue weighted by Crippen LogP contribution is 2.39. The van der Waals surface area contributed by atoms with E-state index >= 15 is 0 Å². The molecule has 1 heterocycles. The first-order valence-electron chi connectivity index (χ1n) is 19.5.